The quantitative estimate of drug-likeness (QED) is 0.660. The smallest absolute Gasteiger partial charge is 0.410 e. The first-order chi connectivity index (χ1) is 15.3. The van der Waals surface area contributed by atoms with Crippen molar-refractivity contribution in [2.24, 2.45) is 0 Å². The van der Waals surface area contributed by atoms with Crippen molar-refractivity contribution in [3.05, 3.63) is 66.1 Å². The van der Waals surface area contributed by atoms with Gasteiger partial charge in [-0.3, -0.25) is 4.79 Å². The molecule has 1 aromatic carbocycles. The molecule has 0 spiro atoms. The molecule has 2 aromatic heterocycles. The number of ether oxygens (including phenoxy) is 2. The maximum atomic E-state index is 12.5. The van der Waals surface area contributed by atoms with Crippen LogP contribution in [0.5, 0.6) is 5.75 Å². The van der Waals surface area contributed by atoms with E-state index in [1.807, 2.05) is 49.7 Å². The molecule has 1 atom stereocenters. The summed E-state index contributed by atoms with van der Waals surface area (Å²) < 4.78 is 13.3. The highest BCUT2D eigenvalue weighted by Gasteiger charge is 2.30. The van der Waals surface area contributed by atoms with Gasteiger partial charge in [-0.1, -0.05) is 0 Å². The zero-order chi connectivity index (χ0) is 22.7. The highest BCUT2D eigenvalue weighted by atomic mass is 16.6. The SMILES string of the molecule is CC(C)(C)OC(=O)N1CC[C@@H](Oc2ccc(C(=O)NCc3ccn4ccnc4c3)cc2)C1. The van der Waals surface area contributed by atoms with Crippen molar-refractivity contribution in [1.82, 2.24) is 19.6 Å². The van der Waals surface area contributed by atoms with Gasteiger partial charge in [-0.05, 0) is 62.7 Å². The Hall–Kier alpha value is -3.55. The number of hydrogen-bond acceptors (Lipinski definition) is 5. The van der Waals surface area contributed by atoms with Gasteiger partial charge in [-0.2, -0.15) is 0 Å². The molecule has 0 radical (unpaired) electrons. The van der Waals surface area contributed by atoms with Gasteiger partial charge in [0.1, 0.15) is 23.1 Å². The Labute approximate surface area is 187 Å². The number of nitrogens with zero attached hydrogens (tertiary/aromatic N) is 3. The summed E-state index contributed by atoms with van der Waals surface area (Å²) in [6.45, 7) is 7.06. The van der Waals surface area contributed by atoms with Crippen LogP contribution >= 0.6 is 0 Å². The van der Waals surface area contributed by atoms with Gasteiger partial charge < -0.3 is 24.1 Å². The molecule has 2 amide bonds. The van der Waals surface area contributed by atoms with Crippen LogP contribution in [-0.4, -0.2) is 51.1 Å². The Morgan fingerprint density at radius 3 is 2.69 bits per heavy atom. The van der Waals surface area contributed by atoms with E-state index in [2.05, 4.69) is 10.3 Å². The van der Waals surface area contributed by atoms with E-state index in [0.29, 0.717) is 30.9 Å². The minimum atomic E-state index is -0.515. The Morgan fingerprint density at radius 2 is 1.94 bits per heavy atom. The Morgan fingerprint density at radius 1 is 1.16 bits per heavy atom. The van der Waals surface area contributed by atoms with E-state index in [-0.39, 0.29) is 18.1 Å². The number of carbonyl (C=O) groups is 2. The maximum Gasteiger partial charge on any atom is 0.410 e. The van der Waals surface area contributed by atoms with Gasteiger partial charge in [0, 0.05) is 43.7 Å². The maximum absolute atomic E-state index is 12.5. The third-order valence-electron chi connectivity index (χ3n) is 5.13. The average Bonchev–Trinajstić information content (AvgIpc) is 3.40. The van der Waals surface area contributed by atoms with E-state index < -0.39 is 5.60 Å². The number of benzene rings is 1. The van der Waals surface area contributed by atoms with E-state index in [9.17, 15) is 9.59 Å². The van der Waals surface area contributed by atoms with Crippen LogP contribution in [0.25, 0.3) is 5.65 Å². The zero-order valence-corrected chi connectivity index (χ0v) is 18.6. The first-order valence-corrected chi connectivity index (χ1v) is 10.7. The Bertz CT molecular complexity index is 1100. The van der Waals surface area contributed by atoms with Crippen molar-refractivity contribution in [3.8, 4) is 5.75 Å². The van der Waals surface area contributed by atoms with Crippen LogP contribution in [0, 0.1) is 0 Å². The van der Waals surface area contributed by atoms with Crippen LogP contribution in [-0.2, 0) is 11.3 Å². The lowest BCUT2D eigenvalue weighted by atomic mass is 10.2. The number of rotatable bonds is 5. The summed E-state index contributed by atoms with van der Waals surface area (Å²) in [7, 11) is 0. The minimum absolute atomic E-state index is 0.0974. The molecular weight excluding hydrogens is 408 g/mol. The van der Waals surface area contributed by atoms with E-state index >= 15 is 0 Å². The third-order valence-corrected chi connectivity index (χ3v) is 5.13. The Balaban J connectivity index is 1.27. The number of amides is 2. The number of pyridine rings is 1. The number of imidazole rings is 1. The van der Waals surface area contributed by atoms with Crippen molar-refractivity contribution in [2.45, 2.75) is 45.4 Å². The van der Waals surface area contributed by atoms with E-state index in [4.69, 9.17) is 9.47 Å². The molecule has 1 saturated heterocycles. The summed E-state index contributed by atoms with van der Waals surface area (Å²) in [5.41, 5.74) is 1.86. The van der Waals surface area contributed by atoms with Crippen LogP contribution in [0.2, 0.25) is 0 Å². The lowest BCUT2D eigenvalue weighted by molar-refractivity contribution is 0.0275. The fraction of sp³-hybridized carbons (Fsp3) is 0.375. The number of aromatic nitrogens is 2. The van der Waals surface area contributed by atoms with Crippen LogP contribution in [0.1, 0.15) is 43.1 Å². The van der Waals surface area contributed by atoms with Crippen molar-refractivity contribution in [1.29, 1.82) is 0 Å². The summed E-state index contributed by atoms with van der Waals surface area (Å²) in [5, 5.41) is 2.93. The van der Waals surface area contributed by atoms with Gasteiger partial charge in [0.15, 0.2) is 0 Å². The molecule has 1 fully saturated rings. The summed E-state index contributed by atoms with van der Waals surface area (Å²) in [5.74, 6) is 0.513. The predicted octanol–water partition coefficient (Wildman–Crippen LogP) is 3.65. The second-order valence-electron chi connectivity index (χ2n) is 8.89. The first kappa shape index (κ1) is 21.7. The topological polar surface area (TPSA) is 85.2 Å². The highest BCUT2D eigenvalue weighted by molar-refractivity contribution is 5.94. The largest absolute Gasteiger partial charge is 0.489 e. The zero-order valence-electron chi connectivity index (χ0n) is 18.6. The fourth-order valence-corrected chi connectivity index (χ4v) is 3.54. The molecule has 4 rings (SSSR count). The van der Waals surface area contributed by atoms with E-state index in [0.717, 1.165) is 17.6 Å². The van der Waals surface area contributed by atoms with Gasteiger partial charge in [0.05, 0.1) is 6.54 Å². The molecule has 0 unspecified atom stereocenters. The summed E-state index contributed by atoms with van der Waals surface area (Å²) in [6, 6.07) is 10.9. The average molecular weight is 437 g/mol. The van der Waals surface area contributed by atoms with Gasteiger partial charge in [0.2, 0.25) is 0 Å². The lowest BCUT2D eigenvalue weighted by Crippen LogP contribution is -2.36. The molecule has 1 N–H and O–H groups in total. The normalized spacial score (nSPS) is 16.2. The van der Waals surface area contributed by atoms with Gasteiger partial charge in [-0.15, -0.1) is 0 Å². The number of nitrogens with one attached hydrogen (secondary N) is 1. The summed E-state index contributed by atoms with van der Waals surface area (Å²) in [6.07, 6.45) is 5.86. The molecule has 0 saturated carbocycles. The number of likely N-dealkylation sites (tertiary alicyclic amines) is 1. The van der Waals surface area contributed by atoms with Crippen molar-refractivity contribution >= 4 is 17.6 Å². The molecule has 168 valence electrons. The van der Waals surface area contributed by atoms with Crippen molar-refractivity contribution < 1.29 is 19.1 Å². The molecule has 1 aliphatic heterocycles. The first-order valence-electron chi connectivity index (χ1n) is 10.7. The predicted molar refractivity (Wildman–Crippen MR) is 120 cm³/mol. The molecule has 3 heterocycles. The Kier molecular flexibility index (Phi) is 6.03. The number of fused-ring (bicyclic) bond motifs is 1. The molecule has 0 aliphatic carbocycles. The molecule has 3 aromatic rings. The van der Waals surface area contributed by atoms with Gasteiger partial charge >= 0.3 is 6.09 Å². The second kappa shape index (κ2) is 8.90. The highest BCUT2D eigenvalue weighted by Crippen LogP contribution is 2.21. The fourth-order valence-electron chi connectivity index (χ4n) is 3.54. The van der Waals surface area contributed by atoms with E-state index in [1.165, 1.54) is 0 Å². The third kappa shape index (κ3) is 5.38. The molecule has 8 nitrogen and oxygen atoms in total. The second-order valence-corrected chi connectivity index (χ2v) is 8.89. The van der Waals surface area contributed by atoms with Crippen LogP contribution in [0.4, 0.5) is 4.79 Å². The molecular formula is C24H28N4O4. The van der Waals surface area contributed by atoms with Crippen molar-refractivity contribution in [2.75, 3.05) is 13.1 Å². The summed E-state index contributed by atoms with van der Waals surface area (Å²) >= 11 is 0. The molecule has 0 bridgehead atoms. The van der Waals surface area contributed by atoms with Crippen molar-refractivity contribution in [3.63, 3.8) is 0 Å². The lowest BCUT2D eigenvalue weighted by Gasteiger charge is -2.24. The van der Waals surface area contributed by atoms with Crippen LogP contribution < -0.4 is 10.1 Å². The van der Waals surface area contributed by atoms with Gasteiger partial charge in [0.25, 0.3) is 5.91 Å². The summed E-state index contributed by atoms with van der Waals surface area (Å²) in [4.78, 5) is 30.6. The molecule has 8 heteroatoms. The van der Waals surface area contributed by atoms with Crippen LogP contribution in [0.15, 0.2) is 55.0 Å². The standard InChI is InChI=1S/C24H28N4O4/c1-24(2,3)32-23(30)28-12-9-20(16-28)31-19-6-4-18(5-7-19)22(29)26-15-17-8-11-27-13-10-25-21(27)14-17/h4-8,10-11,13-14,20H,9,12,15-16H2,1-3H3,(H,26,29)/t20-/m1/s1. The number of carbonyl (C=O) groups excluding carboxylic acids is 2. The van der Waals surface area contributed by atoms with Gasteiger partial charge in [-0.25, -0.2) is 9.78 Å². The monoisotopic (exact) mass is 436 g/mol. The molecule has 1 aliphatic rings. The van der Waals surface area contributed by atoms with E-state index in [1.54, 1.807) is 35.4 Å². The molecule has 32 heavy (non-hydrogen) atoms. The van der Waals surface area contributed by atoms with Crippen LogP contribution in [0.3, 0.4) is 0 Å². The number of hydrogen-bond donors (Lipinski definition) is 1. The minimum Gasteiger partial charge on any atom is -0.489 e.